The lowest BCUT2D eigenvalue weighted by molar-refractivity contribution is 0.166. The number of piperazine rings is 1. The first-order chi connectivity index (χ1) is 13.3. The lowest BCUT2D eigenvalue weighted by atomic mass is 9.81. The summed E-state index contributed by atoms with van der Waals surface area (Å²) in [4.78, 5) is 5.14. The van der Waals surface area contributed by atoms with Crippen LogP contribution in [-0.2, 0) is 6.54 Å². The van der Waals surface area contributed by atoms with Gasteiger partial charge in [0, 0.05) is 51.7 Å². The Morgan fingerprint density at radius 2 is 1.63 bits per heavy atom. The van der Waals surface area contributed by atoms with Crippen LogP contribution in [0.2, 0.25) is 0 Å². The van der Waals surface area contributed by atoms with Gasteiger partial charge < -0.3 is 9.64 Å². The Morgan fingerprint density at radius 1 is 0.926 bits per heavy atom. The van der Waals surface area contributed by atoms with E-state index in [0.29, 0.717) is 0 Å². The van der Waals surface area contributed by atoms with Crippen LogP contribution in [0, 0.1) is 11.8 Å². The highest BCUT2D eigenvalue weighted by Gasteiger charge is 2.25. The molecule has 0 atom stereocenters. The van der Waals surface area contributed by atoms with E-state index in [1.807, 2.05) is 18.3 Å². The topological polar surface area (TPSA) is 33.5 Å². The van der Waals surface area contributed by atoms with Gasteiger partial charge in [-0.05, 0) is 55.7 Å². The lowest BCUT2D eigenvalue weighted by Gasteiger charge is -2.39. The molecule has 2 fully saturated rings. The molecule has 1 saturated heterocycles. The minimum atomic E-state index is 0.809. The first-order valence-electron chi connectivity index (χ1n) is 10.4. The molecule has 27 heavy (non-hydrogen) atoms. The zero-order chi connectivity index (χ0) is 18.5. The van der Waals surface area contributed by atoms with Crippen molar-refractivity contribution in [1.82, 2.24) is 14.7 Å². The highest BCUT2D eigenvalue weighted by Crippen LogP contribution is 2.31. The minimum Gasteiger partial charge on any atom is -0.495 e. The smallest absolute Gasteiger partial charge is 0.142 e. The standard InChI is InChI=1S/C22H32N4O/c1-27-22-6-3-2-5-21(22)25-15-13-24(14-16-25)17-19-7-9-20(10-8-19)18-26-12-4-11-23-26/h2-6,11-12,19-20H,7-10,13-18H2,1H3. The summed E-state index contributed by atoms with van der Waals surface area (Å²) >= 11 is 0. The van der Waals surface area contributed by atoms with Crippen LogP contribution < -0.4 is 9.64 Å². The second-order valence-corrected chi connectivity index (χ2v) is 8.07. The summed E-state index contributed by atoms with van der Waals surface area (Å²) in [5.41, 5.74) is 1.23. The third-order valence-electron chi connectivity index (χ3n) is 6.29. The van der Waals surface area contributed by atoms with Crippen LogP contribution in [0.25, 0.3) is 0 Å². The van der Waals surface area contributed by atoms with Gasteiger partial charge in [0.15, 0.2) is 0 Å². The number of anilines is 1. The van der Waals surface area contributed by atoms with E-state index in [1.165, 1.54) is 37.9 Å². The van der Waals surface area contributed by atoms with Gasteiger partial charge in [-0.1, -0.05) is 12.1 Å². The van der Waals surface area contributed by atoms with Gasteiger partial charge in [0.25, 0.3) is 0 Å². The van der Waals surface area contributed by atoms with Gasteiger partial charge in [-0.25, -0.2) is 0 Å². The molecule has 0 bridgehead atoms. The number of hydrogen-bond donors (Lipinski definition) is 0. The molecule has 0 unspecified atom stereocenters. The Kier molecular flexibility index (Phi) is 5.97. The number of nitrogens with zero attached hydrogens (tertiary/aromatic N) is 4. The summed E-state index contributed by atoms with van der Waals surface area (Å²) in [5, 5.41) is 4.36. The zero-order valence-corrected chi connectivity index (χ0v) is 16.5. The number of ether oxygens (including phenoxy) is 1. The number of methoxy groups -OCH3 is 1. The Morgan fingerprint density at radius 3 is 2.30 bits per heavy atom. The second-order valence-electron chi connectivity index (χ2n) is 8.07. The molecule has 0 amide bonds. The molecule has 5 nitrogen and oxygen atoms in total. The summed E-state index contributed by atoms with van der Waals surface area (Å²) in [7, 11) is 1.76. The van der Waals surface area contributed by atoms with E-state index in [9.17, 15) is 0 Å². The van der Waals surface area contributed by atoms with Crippen LogP contribution in [0.1, 0.15) is 25.7 Å². The first kappa shape index (κ1) is 18.4. The Hall–Kier alpha value is -2.01. The quantitative estimate of drug-likeness (QED) is 0.781. The van der Waals surface area contributed by atoms with Crippen molar-refractivity contribution >= 4 is 5.69 Å². The van der Waals surface area contributed by atoms with Crippen molar-refractivity contribution in [3.05, 3.63) is 42.7 Å². The third-order valence-corrected chi connectivity index (χ3v) is 6.29. The summed E-state index contributed by atoms with van der Waals surface area (Å²) in [6.07, 6.45) is 9.43. The van der Waals surface area contributed by atoms with E-state index in [2.05, 4.69) is 44.0 Å². The number of aromatic nitrogens is 2. The summed E-state index contributed by atoms with van der Waals surface area (Å²) in [6.45, 7) is 6.87. The SMILES string of the molecule is COc1ccccc1N1CCN(CC2CCC(Cn3cccn3)CC2)CC1. The molecular formula is C22H32N4O. The maximum atomic E-state index is 5.53. The summed E-state index contributed by atoms with van der Waals surface area (Å²) in [6, 6.07) is 10.4. The fourth-order valence-electron chi connectivity index (χ4n) is 4.70. The third kappa shape index (κ3) is 4.64. The fourth-order valence-corrected chi connectivity index (χ4v) is 4.70. The molecule has 1 aromatic heterocycles. The van der Waals surface area contributed by atoms with Gasteiger partial charge >= 0.3 is 0 Å². The molecule has 2 heterocycles. The van der Waals surface area contributed by atoms with Crippen molar-refractivity contribution in [2.45, 2.75) is 32.2 Å². The van der Waals surface area contributed by atoms with Crippen molar-refractivity contribution in [1.29, 1.82) is 0 Å². The number of benzene rings is 1. The molecule has 1 aliphatic carbocycles. The molecule has 0 radical (unpaired) electrons. The molecule has 146 valence electrons. The van der Waals surface area contributed by atoms with Crippen LogP contribution in [0.5, 0.6) is 5.75 Å². The first-order valence-corrected chi connectivity index (χ1v) is 10.4. The number of para-hydroxylation sites is 2. The van der Waals surface area contributed by atoms with E-state index in [1.54, 1.807) is 7.11 Å². The monoisotopic (exact) mass is 368 g/mol. The average Bonchev–Trinajstić information content (AvgIpc) is 3.23. The molecule has 0 N–H and O–H groups in total. The molecule has 0 spiro atoms. The highest BCUT2D eigenvalue weighted by atomic mass is 16.5. The second kappa shape index (κ2) is 8.79. The van der Waals surface area contributed by atoms with Crippen LogP contribution in [0.4, 0.5) is 5.69 Å². The van der Waals surface area contributed by atoms with Gasteiger partial charge in [0.2, 0.25) is 0 Å². The normalized spacial score (nSPS) is 24.1. The van der Waals surface area contributed by atoms with Crippen molar-refractivity contribution in [2.75, 3.05) is 44.7 Å². The molecule has 1 saturated carbocycles. The van der Waals surface area contributed by atoms with E-state index in [-0.39, 0.29) is 0 Å². The van der Waals surface area contributed by atoms with Crippen molar-refractivity contribution in [2.24, 2.45) is 11.8 Å². The van der Waals surface area contributed by atoms with Gasteiger partial charge in [0.05, 0.1) is 12.8 Å². The van der Waals surface area contributed by atoms with Crippen molar-refractivity contribution in [3.63, 3.8) is 0 Å². The fraction of sp³-hybridized carbons (Fsp3) is 0.591. The van der Waals surface area contributed by atoms with Crippen LogP contribution in [-0.4, -0.2) is 54.5 Å². The number of rotatable bonds is 6. The van der Waals surface area contributed by atoms with E-state index in [4.69, 9.17) is 4.74 Å². The minimum absolute atomic E-state index is 0.809. The molecule has 2 aliphatic rings. The van der Waals surface area contributed by atoms with E-state index in [0.717, 1.165) is 50.3 Å². The van der Waals surface area contributed by atoms with Crippen molar-refractivity contribution < 1.29 is 4.74 Å². The molecule has 1 aromatic carbocycles. The van der Waals surface area contributed by atoms with Crippen LogP contribution in [0.15, 0.2) is 42.7 Å². The molecule has 5 heteroatoms. The average molecular weight is 369 g/mol. The number of hydrogen-bond acceptors (Lipinski definition) is 4. The predicted molar refractivity (Wildman–Crippen MR) is 109 cm³/mol. The molecule has 2 aromatic rings. The summed E-state index contributed by atoms with van der Waals surface area (Å²) < 4.78 is 7.63. The predicted octanol–water partition coefficient (Wildman–Crippen LogP) is 3.52. The van der Waals surface area contributed by atoms with Gasteiger partial charge in [-0.15, -0.1) is 0 Å². The lowest BCUT2D eigenvalue weighted by Crippen LogP contribution is -2.48. The molecule has 4 rings (SSSR count). The van der Waals surface area contributed by atoms with Crippen LogP contribution >= 0.6 is 0 Å². The van der Waals surface area contributed by atoms with Gasteiger partial charge in [-0.3, -0.25) is 9.58 Å². The van der Waals surface area contributed by atoms with E-state index >= 15 is 0 Å². The van der Waals surface area contributed by atoms with Crippen molar-refractivity contribution in [3.8, 4) is 5.75 Å². The summed E-state index contributed by atoms with van der Waals surface area (Å²) in [5.74, 6) is 2.67. The Balaban J connectivity index is 1.21. The van der Waals surface area contributed by atoms with Gasteiger partial charge in [0.1, 0.15) is 5.75 Å². The maximum absolute atomic E-state index is 5.53. The van der Waals surface area contributed by atoms with Gasteiger partial charge in [-0.2, -0.15) is 5.10 Å². The largest absolute Gasteiger partial charge is 0.495 e. The molecule has 1 aliphatic heterocycles. The zero-order valence-electron chi connectivity index (χ0n) is 16.5. The van der Waals surface area contributed by atoms with E-state index < -0.39 is 0 Å². The maximum Gasteiger partial charge on any atom is 0.142 e. The Labute approximate surface area is 162 Å². The highest BCUT2D eigenvalue weighted by molar-refractivity contribution is 5.58. The Bertz CT molecular complexity index is 686. The molecular weight excluding hydrogens is 336 g/mol. The van der Waals surface area contributed by atoms with Crippen LogP contribution in [0.3, 0.4) is 0 Å².